The Morgan fingerprint density at radius 1 is 1.30 bits per heavy atom. The highest BCUT2D eigenvalue weighted by molar-refractivity contribution is 9.10. The van der Waals surface area contributed by atoms with Crippen LogP contribution in [0.5, 0.6) is 0 Å². The van der Waals surface area contributed by atoms with Crippen LogP contribution in [0.1, 0.15) is 43.2 Å². The number of benzene rings is 1. The predicted molar refractivity (Wildman–Crippen MR) is 99.9 cm³/mol. The van der Waals surface area contributed by atoms with Crippen molar-refractivity contribution in [1.82, 2.24) is 0 Å². The molecule has 1 unspecified atom stereocenters. The maximum absolute atomic E-state index is 6.20. The van der Waals surface area contributed by atoms with Crippen molar-refractivity contribution in [2.75, 3.05) is 12.9 Å². The van der Waals surface area contributed by atoms with E-state index in [4.69, 9.17) is 15.5 Å². The summed E-state index contributed by atoms with van der Waals surface area (Å²) in [6, 6.07) is 6.74. The molecule has 2 aliphatic carbocycles. The number of halogens is 1. The molecule has 1 aliphatic heterocycles. The first-order valence-electron chi connectivity index (χ1n) is 8.38. The number of thioether (sulfide) groups is 1. The van der Waals surface area contributed by atoms with Crippen LogP contribution in [0.4, 0.5) is 0 Å². The molecule has 1 saturated carbocycles. The van der Waals surface area contributed by atoms with E-state index in [2.05, 4.69) is 34.1 Å². The van der Waals surface area contributed by atoms with Crippen molar-refractivity contribution in [3.63, 3.8) is 0 Å². The van der Waals surface area contributed by atoms with Gasteiger partial charge in [-0.25, -0.2) is 0 Å². The van der Waals surface area contributed by atoms with Crippen LogP contribution in [-0.4, -0.2) is 24.1 Å². The molecule has 1 fully saturated rings. The lowest BCUT2D eigenvalue weighted by molar-refractivity contribution is -0.00437. The zero-order chi connectivity index (χ0) is 16.1. The van der Waals surface area contributed by atoms with Gasteiger partial charge in [0.1, 0.15) is 0 Å². The molecule has 0 amide bonds. The highest BCUT2D eigenvalue weighted by Gasteiger charge is 2.59. The Labute approximate surface area is 150 Å². The fraction of sp³-hybridized carbons (Fsp3) is 0.611. The number of nitrogens with two attached hydrogens (primary N) is 1. The molecule has 2 spiro atoms. The second-order valence-electron chi connectivity index (χ2n) is 7.10. The standard InChI is InChI=1S/C18H23BrN2OS/c1-22-14-4-6-17(7-5-14)11-12-2-3-13(19)10-15(12)18(17)8-9-23-16(20)21-18/h2-3,10,14H,4-9,11H2,1H3,(H2,20,21). The lowest BCUT2D eigenvalue weighted by Gasteiger charge is -2.49. The van der Waals surface area contributed by atoms with Gasteiger partial charge in [-0.3, -0.25) is 4.99 Å². The number of aliphatic imine (C=N–C) groups is 1. The molecule has 1 atom stereocenters. The Bertz CT molecular complexity index is 654. The van der Waals surface area contributed by atoms with E-state index in [-0.39, 0.29) is 11.0 Å². The van der Waals surface area contributed by atoms with Crippen molar-refractivity contribution in [2.45, 2.75) is 50.2 Å². The van der Waals surface area contributed by atoms with Gasteiger partial charge in [-0.1, -0.05) is 33.8 Å². The quantitative estimate of drug-likeness (QED) is 0.774. The number of methoxy groups -OCH3 is 1. The van der Waals surface area contributed by atoms with Crippen molar-refractivity contribution in [2.24, 2.45) is 16.1 Å². The average Bonchev–Trinajstić information content (AvgIpc) is 2.78. The minimum atomic E-state index is -0.125. The fourth-order valence-electron chi connectivity index (χ4n) is 5.01. The largest absolute Gasteiger partial charge is 0.381 e. The molecule has 1 heterocycles. The van der Waals surface area contributed by atoms with Crippen LogP contribution >= 0.6 is 27.7 Å². The van der Waals surface area contributed by atoms with Crippen LogP contribution in [0, 0.1) is 5.41 Å². The number of hydrogen-bond donors (Lipinski definition) is 1. The topological polar surface area (TPSA) is 47.6 Å². The summed E-state index contributed by atoms with van der Waals surface area (Å²) < 4.78 is 6.76. The van der Waals surface area contributed by atoms with Gasteiger partial charge in [0.2, 0.25) is 0 Å². The molecule has 5 heteroatoms. The van der Waals surface area contributed by atoms with E-state index in [1.807, 2.05) is 7.11 Å². The van der Waals surface area contributed by atoms with E-state index >= 15 is 0 Å². The zero-order valence-electron chi connectivity index (χ0n) is 13.5. The highest BCUT2D eigenvalue weighted by atomic mass is 79.9. The Morgan fingerprint density at radius 2 is 2.09 bits per heavy atom. The Kier molecular flexibility index (Phi) is 4.01. The molecule has 23 heavy (non-hydrogen) atoms. The van der Waals surface area contributed by atoms with Crippen molar-refractivity contribution in [1.29, 1.82) is 0 Å². The highest BCUT2D eigenvalue weighted by Crippen LogP contribution is 2.62. The SMILES string of the molecule is COC1CCC2(CC1)Cc1ccc(Br)cc1C21CCSC(N)=N1. The molecule has 3 nitrogen and oxygen atoms in total. The van der Waals surface area contributed by atoms with Crippen molar-refractivity contribution < 1.29 is 4.74 Å². The monoisotopic (exact) mass is 394 g/mol. The van der Waals surface area contributed by atoms with Gasteiger partial charge >= 0.3 is 0 Å². The minimum Gasteiger partial charge on any atom is -0.381 e. The first-order chi connectivity index (χ1) is 11.1. The molecule has 0 bridgehead atoms. The van der Waals surface area contributed by atoms with E-state index in [0.717, 1.165) is 41.1 Å². The molecule has 124 valence electrons. The van der Waals surface area contributed by atoms with Gasteiger partial charge in [-0.15, -0.1) is 0 Å². The number of amidine groups is 1. The summed E-state index contributed by atoms with van der Waals surface area (Å²) in [5.41, 5.74) is 9.17. The number of fused-ring (bicyclic) bond motifs is 3. The Hall–Kier alpha value is -0.520. The number of ether oxygens (including phenoxy) is 1. The van der Waals surface area contributed by atoms with Crippen LogP contribution < -0.4 is 5.73 Å². The first kappa shape index (κ1) is 16.0. The van der Waals surface area contributed by atoms with Crippen molar-refractivity contribution in [3.8, 4) is 0 Å². The minimum absolute atomic E-state index is 0.125. The van der Waals surface area contributed by atoms with Crippen LogP contribution in [0.2, 0.25) is 0 Å². The molecular formula is C18H23BrN2OS. The van der Waals surface area contributed by atoms with Crippen LogP contribution in [0.3, 0.4) is 0 Å². The lowest BCUT2D eigenvalue weighted by Crippen LogP contribution is -2.47. The van der Waals surface area contributed by atoms with Crippen LogP contribution in [-0.2, 0) is 16.7 Å². The van der Waals surface area contributed by atoms with Gasteiger partial charge < -0.3 is 10.5 Å². The molecule has 4 rings (SSSR count). The third-order valence-electron chi connectivity index (χ3n) is 6.16. The number of hydrogen-bond acceptors (Lipinski definition) is 4. The molecular weight excluding hydrogens is 372 g/mol. The van der Waals surface area contributed by atoms with Crippen molar-refractivity contribution >= 4 is 32.9 Å². The third kappa shape index (κ3) is 2.38. The summed E-state index contributed by atoms with van der Waals surface area (Å²) in [5.74, 6) is 1.07. The summed E-state index contributed by atoms with van der Waals surface area (Å²) in [6.07, 6.45) is 7.27. The van der Waals surface area contributed by atoms with Gasteiger partial charge in [0.15, 0.2) is 5.17 Å². The average molecular weight is 395 g/mol. The first-order valence-corrected chi connectivity index (χ1v) is 10.2. The zero-order valence-corrected chi connectivity index (χ0v) is 15.9. The molecule has 0 radical (unpaired) electrons. The lowest BCUT2D eigenvalue weighted by atomic mass is 9.60. The van der Waals surface area contributed by atoms with E-state index in [1.54, 1.807) is 11.8 Å². The van der Waals surface area contributed by atoms with E-state index in [9.17, 15) is 0 Å². The molecule has 2 N–H and O–H groups in total. The second-order valence-corrected chi connectivity index (χ2v) is 9.13. The van der Waals surface area contributed by atoms with E-state index < -0.39 is 0 Å². The Morgan fingerprint density at radius 3 is 2.78 bits per heavy atom. The smallest absolute Gasteiger partial charge is 0.154 e. The fourth-order valence-corrected chi connectivity index (χ4v) is 6.20. The van der Waals surface area contributed by atoms with Crippen LogP contribution in [0.25, 0.3) is 0 Å². The van der Waals surface area contributed by atoms with Crippen LogP contribution in [0.15, 0.2) is 27.7 Å². The van der Waals surface area contributed by atoms with Gasteiger partial charge in [-0.05, 0) is 61.8 Å². The maximum Gasteiger partial charge on any atom is 0.154 e. The van der Waals surface area contributed by atoms with Gasteiger partial charge in [0.05, 0.1) is 11.6 Å². The maximum atomic E-state index is 6.20. The predicted octanol–water partition coefficient (Wildman–Crippen LogP) is 4.23. The third-order valence-corrected chi connectivity index (χ3v) is 7.45. The van der Waals surface area contributed by atoms with Gasteiger partial charge in [-0.2, -0.15) is 0 Å². The molecule has 1 aromatic rings. The summed E-state index contributed by atoms with van der Waals surface area (Å²) in [6.45, 7) is 0. The molecule has 0 saturated heterocycles. The Balaban J connectivity index is 1.83. The number of rotatable bonds is 1. The summed E-state index contributed by atoms with van der Waals surface area (Å²) in [7, 11) is 1.84. The molecule has 3 aliphatic rings. The molecule has 1 aromatic carbocycles. The van der Waals surface area contributed by atoms with E-state index in [1.165, 1.54) is 24.0 Å². The second kappa shape index (κ2) is 5.78. The van der Waals surface area contributed by atoms with Crippen molar-refractivity contribution in [3.05, 3.63) is 33.8 Å². The van der Waals surface area contributed by atoms with Gasteiger partial charge in [0.25, 0.3) is 0 Å². The summed E-state index contributed by atoms with van der Waals surface area (Å²) in [5, 5.41) is 0.761. The summed E-state index contributed by atoms with van der Waals surface area (Å²) >= 11 is 5.36. The summed E-state index contributed by atoms with van der Waals surface area (Å²) in [4.78, 5) is 5.12. The van der Waals surface area contributed by atoms with E-state index in [0.29, 0.717) is 6.10 Å². The number of nitrogens with zero attached hydrogens (tertiary/aromatic N) is 1. The van der Waals surface area contributed by atoms with Gasteiger partial charge in [0, 0.05) is 22.8 Å². The normalized spacial score (nSPS) is 36.3. The molecule has 0 aromatic heterocycles.